The number of carboxylic acid groups (broad SMARTS) is 1. The number of aromatic carboxylic acids is 1. The van der Waals surface area contributed by atoms with Crippen LogP contribution in [0.5, 0.6) is 0 Å². The Labute approximate surface area is 153 Å². The summed E-state index contributed by atoms with van der Waals surface area (Å²) in [4.78, 5) is 25.1. The highest BCUT2D eigenvalue weighted by molar-refractivity contribution is 5.94. The first kappa shape index (κ1) is 20.2. The van der Waals surface area contributed by atoms with Gasteiger partial charge in [0.15, 0.2) is 5.69 Å². The fourth-order valence-electron chi connectivity index (χ4n) is 2.55. The highest BCUT2D eigenvalue weighted by Crippen LogP contribution is 2.33. The summed E-state index contributed by atoms with van der Waals surface area (Å²) in [7, 11) is 0. The Bertz CT molecular complexity index is 870. The number of alkyl halides is 3. The van der Waals surface area contributed by atoms with Crippen molar-refractivity contribution >= 4 is 11.9 Å². The van der Waals surface area contributed by atoms with Gasteiger partial charge in [-0.05, 0) is 38.1 Å². The molecule has 0 atom stereocenters. The molecule has 0 aliphatic heterocycles. The molecule has 0 fully saturated rings. The number of likely N-dealkylation sites (N-methyl/N-ethyl adjacent to an activating group) is 1. The van der Waals surface area contributed by atoms with E-state index >= 15 is 0 Å². The third kappa shape index (κ3) is 4.36. The van der Waals surface area contributed by atoms with Crippen LogP contribution < -0.4 is 0 Å². The standard InChI is InChI=1S/C18H18F3N3O3/c1-4-23(10-11(2)3)16(25)12-5-7-13(8-6-12)24-15(18(19,20)21)14(9-22-24)17(26)27/h5-9H,2,4,10H2,1,3H3,(H,26,27). The third-order valence-electron chi connectivity index (χ3n) is 3.76. The van der Waals surface area contributed by atoms with Crippen LogP contribution in [0.2, 0.25) is 0 Å². The molecule has 1 aromatic heterocycles. The second-order valence-electron chi connectivity index (χ2n) is 5.94. The minimum absolute atomic E-state index is 0.00525. The van der Waals surface area contributed by atoms with Crippen molar-refractivity contribution in [2.75, 3.05) is 13.1 Å². The van der Waals surface area contributed by atoms with E-state index in [-0.39, 0.29) is 11.6 Å². The maximum atomic E-state index is 13.3. The number of halogens is 3. The third-order valence-corrected chi connectivity index (χ3v) is 3.76. The topological polar surface area (TPSA) is 75.4 Å². The zero-order valence-electron chi connectivity index (χ0n) is 14.7. The van der Waals surface area contributed by atoms with Gasteiger partial charge >= 0.3 is 12.1 Å². The first-order chi connectivity index (χ1) is 12.6. The number of benzene rings is 1. The smallest absolute Gasteiger partial charge is 0.434 e. The summed E-state index contributed by atoms with van der Waals surface area (Å²) >= 11 is 0. The Balaban J connectivity index is 2.40. The Hall–Kier alpha value is -3.10. The SMILES string of the molecule is C=C(C)CN(CC)C(=O)c1ccc(-n2ncc(C(=O)O)c2C(F)(F)F)cc1. The minimum atomic E-state index is -4.90. The number of carboxylic acids is 1. The summed E-state index contributed by atoms with van der Waals surface area (Å²) in [5, 5.41) is 12.5. The van der Waals surface area contributed by atoms with Crippen molar-refractivity contribution in [3.05, 3.63) is 59.4 Å². The quantitative estimate of drug-likeness (QED) is 0.776. The van der Waals surface area contributed by atoms with E-state index in [0.717, 1.165) is 5.57 Å². The van der Waals surface area contributed by atoms with Crippen LogP contribution in [0.3, 0.4) is 0 Å². The Morgan fingerprint density at radius 3 is 2.30 bits per heavy atom. The Morgan fingerprint density at radius 1 is 1.26 bits per heavy atom. The van der Waals surface area contributed by atoms with Gasteiger partial charge in [-0.15, -0.1) is 0 Å². The lowest BCUT2D eigenvalue weighted by Crippen LogP contribution is -2.32. The van der Waals surface area contributed by atoms with Crippen LogP contribution in [0.15, 0.2) is 42.6 Å². The number of nitrogens with zero attached hydrogens (tertiary/aromatic N) is 3. The van der Waals surface area contributed by atoms with Crippen molar-refractivity contribution in [2.24, 2.45) is 0 Å². The average molecular weight is 381 g/mol. The monoisotopic (exact) mass is 381 g/mol. The lowest BCUT2D eigenvalue weighted by Gasteiger charge is -2.21. The van der Waals surface area contributed by atoms with Crippen molar-refractivity contribution in [3.8, 4) is 5.69 Å². The highest BCUT2D eigenvalue weighted by Gasteiger charge is 2.40. The number of carbonyl (C=O) groups excluding carboxylic acids is 1. The largest absolute Gasteiger partial charge is 0.478 e. The van der Waals surface area contributed by atoms with Gasteiger partial charge in [-0.25, -0.2) is 9.48 Å². The summed E-state index contributed by atoms with van der Waals surface area (Å²) < 4.78 is 40.3. The number of hydrogen-bond donors (Lipinski definition) is 1. The van der Waals surface area contributed by atoms with Gasteiger partial charge in [0, 0.05) is 18.7 Å². The van der Waals surface area contributed by atoms with Crippen LogP contribution in [0.25, 0.3) is 5.69 Å². The lowest BCUT2D eigenvalue weighted by molar-refractivity contribution is -0.143. The van der Waals surface area contributed by atoms with Gasteiger partial charge in [0.2, 0.25) is 0 Å². The maximum absolute atomic E-state index is 13.3. The second kappa shape index (κ2) is 7.65. The van der Waals surface area contributed by atoms with Crippen molar-refractivity contribution in [3.63, 3.8) is 0 Å². The number of amides is 1. The molecule has 6 nitrogen and oxygen atoms in total. The molecular weight excluding hydrogens is 363 g/mol. The predicted octanol–water partition coefficient (Wildman–Crippen LogP) is 3.63. The fraction of sp³-hybridized carbons (Fsp3) is 0.278. The highest BCUT2D eigenvalue weighted by atomic mass is 19.4. The molecule has 1 heterocycles. The van der Waals surface area contributed by atoms with E-state index in [4.69, 9.17) is 5.11 Å². The summed E-state index contributed by atoms with van der Waals surface area (Å²) in [6.07, 6.45) is -4.25. The molecule has 1 aromatic carbocycles. The molecule has 0 unspecified atom stereocenters. The van der Waals surface area contributed by atoms with Gasteiger partial charge in [-0.1, -0.05) is 12.2 Å². The normalized spacial score (nSPS) is 11.3. The summed E-state index contributed by atoms with van der Waals surface area (Å²) in [5.41, 5.74) is -1.24. The fourth-order valence-corrected chi connectivity index (χ4v) is 2.55. The van der Waals surface area contributed by atoms with Crippen LogP contribution in [0.1, 0.15) is 40.3 Å². The molecule has 27 heavy (non-hydrogen) atoms. The van der Waals surface area contributed by atoms with E-state index < -0.39 is 23.4 Å². The molecule has 0 saturated heterocycles. The molecule has 0 aliphatic carbocycles. The van der Waals surface area contributed by atoms with E-state index in [0.29, 0.717) is 29.5 Å². The van der Waals surface area contributed by atoms with Crippen molar-refractivity contribution < 1.29 is 27.9 Å². The van der Waals surface area contributed by atoms with Gasteiger partial charge in [-0.2, -0.15) is 18.3 Å². The average Bonchev–Trinajstić information content (AvgIpc) is 3.05. The number of aromatic nitrogens is 2. The molecular formula is C18H18F3N3O3. The number of carbonyl (C=O) groups is 2. The van der Waals surface area contributed by atoms with Gasteiger partial charge in [-0.3, -0.25) is 4.79 Å². The van der Waals surface area contributed by atoms with Gasteiger partial charge in [0.25, 0.3) is 5.91 Å². The van der Waals surface area contributed by atoms with Gasteiger partial charge in [0.1, 0.15) is 5.56 Å². The zero-order chi connectivity index (χ0) is 20.4. The first-order valence-corrected chi connectivity index (χ1v) is 7.98. The molecule has 2 rings (SSSR count). The summed E-state index contributed by atoms with van der Waals surface area (Å²) in [6, 6.07) is 5.33. The predicted molar refractivity (Wildman–Crippen MR) is 91.9 cm³/mol. The molecule has 0 radical (unpaired) electrons. The molecule has 2 aromatic rings. The molecule has 0 saturated carbocycles. The second-order valence-corrected chi connectivity index (χ2v) is 5.94. The van der Waals surface area contributed by atoms with Crippen molar-refractivity contribution in [1.82, 2.24) is 14.7 Å². The summed E-state index contributed by atoms with van der Waals surface area (Å²) in [6.45, 7) is 8.18. The molecule has 1 N–H and O–H groups in total. The lowest BCUT2D eigenvalue weighted by atomic mass is 10.1. The Kier molecular flexibility index (Phi) is 5.72. The molecule has 0 spiro atoms. The molecule has 9 heteroatoms. The van der Waals surface area contributed by atoms with E-state index in [1.165, 1.54) is 24.3 Å². The summed E-state index contributed by atoms with van der Waals surface area (Å²) in [5.74, 6) is -2.01. The van der Waals surface area contributed by atoms with Crippen LogP contribution in [0, 0.1) is 0 Å². The molecule has 1 amide bonds. The van der Waals surface area contributed by atoms with Crippen molar-refractivity contribution in [1.29, 1.82) is 0 Å². The molecule has 0 bridgehead atoms. The van der Waals surface area contributed by atoms with E-state index in [2.05, 4.69) is 11.7 Å². The van der Waals surface area contributed by atoms with E-state index in [1.807, 2.05) is 6.92 Å². The number of rotatable bonds is 6. The molecule has 144 valence electrons. The maximum Gasteiger partial charge on any atom is 0.434 e. The first-order valence-electron chi connectivity index (χ1n) is 7.98. The number of hydrogen-bond acceptors (Lipinski definition) is 3. The van der Waals surface area contributed by atoms with Gasteiger partial charge in [0.05, 0.1) is 11.9 Å². The van der Waals surface area contributed by atoms with Crippen LogP contribution in [0.4, 0.5) is 13.2 Å². The minimum Gasteiger partial charge on any atom is -0.478 e. The van der Waals surface area contributed by atoms with Crippen LogP contribution in [-0.4, -0.2) is 44.8 Å². The zero-order valence-corrected chi connectivity index (χ0v) is 14.7. The Morgan fingerprint density at radius 2 is 1.85 bits per heavy atom. The van der Waals surface area contributed by atoms with Crippen molar-refractivity contribution in [2.45, 2.75) is 20.0 Å². The van der Waals surface area contributed by atoms with E-state index in [1.54, 1.807) is 11.8 Å². The van der Waals surface area contributed by atoms with Gasteiger partial charge < -0.3 is 10.0 Å². The van der Waals surface area contributed by atoms with Crippen LogP contribution in [-0.2, 0) is 6.18 Å². The molecule has 0 aliphatic rings. The van der Waals surface area contributed by atoms with E-state index in [9.17, 15) is 22.8 Å². The van der Waals surface area contributed by atoms with Crippen LogP contribution >= 0.6 is 0 Å².